The van der Waals surface area contributed by atoms with Crippen molar-refractivity contribution in [3.05, 3.63) is 41.2 Å². The van der Waals surface area contributed by atoms with E-state index in [1.54, 1.807) is 23.2 Å². The number of sulfonamides is 1. The van der Waals surface area contributed by atoms with Crippen molar-refractivity contribution in [3.8, 4) is 11.1 Å². The Labute approximate surface area is 169 Å². The van der Waals surface area contributed by atoms with E-state index in [1.165, 1.54) is 0 Å². The van der Waals surface area contributed by atoms with Crippen LogP contribution < -0.4 is 10.5 Å². The SMILES string of the molecule is CS(=O)(=O)NCC(=O)N1CCC[C@@H](c2nc(N)ncc2-c2ccc(Cl)cc2)C1. The highest BCUT2D eigenvalue weighted by Gasteiger charge is 2.28. The van der Waals surface area contributed by atoms with E-state index in [0.29, 0.717) is 18.1 Å². The summed E-state index contributed by atoms with van der Waals surface area (Å²) in [6.07, 6.45) is 4.35. The van der Waals surface area contributed by atoms with Gasteiger partial charge in [-0.15, -0.1) is 0 Å². The molecule has 1 fully saturated rings. The van der Waals surface area contributed by atoms with Gasteiger partial charge in [0.15, 0.2) is 0 Å². The van der Waals surface area contributed by atoms with E-state index in [4.69, 9.17) is 17.3 Å². The van der Waals surface area contributed by atoms with Crippen molar-refractivity contribution in [1.29, 1.82) is 0 Å². The second-order valence-corrected chi connectivity index (χ2v) is 9.08. The molecule has 0 radical (unpaired) electrons. The summed E-state index contributed by atoms with van der Waals surface area (Å²) in [6.45, 7) is 0.778. The van der Waals surface area contributed by atoms with Crippen molar-refractivity contribution in [2.45, 2.75) is 18.8 Å². The first-order valence-electron chi connectivity index (χ1n) is 8.83. The van der Waals surface area contributed by atoms with Gasteiger partial charge in [0.2, 0.25) is 21.9 Å². The Morgan fingerprint density at radius 3 is 2.75 bits per heavy atom. The summed E-state index contributed by atoms with van der Waals surface area (Å²) in [4.78, 5) is 22.7. The van der Waals surface area contributed by atoms with Crippen LogP contribution in [0.1, 0.15) is 24.5 Å². The van der Waals surface area contributed by atoms with Gasteiger partial charge in [-0.3, -0.25) is 4.79 Å². The highest BCUT2D eigenvalue weighted by Crippen LogP contribution is 2.33. The van der Waals surface area contributed by atoms with Crippen molar-refractivity contribution < 1.29 is 13.2 Å². The van der Waals surface area contributed by atoms with E-state index in [2.05, 4.69) is 14.7 Å². The normalized spacial score (nSPS) is 17.5. The zero-order valence-corrected chi connectivity index (χ0v) is 17.0. The van der Waals surface area contributed by atoms with Crippen LogP contribution in [0.4, 0.5) is 5.95 Å². The van der Waals surface area contributed by atoms with Gasteiger partial charge in [0.25, 0.3) is 0 Å². The van der Waals surface area contributed by atoms with Crippen LogP contribution in [0, 0.1) is 0 Å². The third kappa shape index (κ3) is 5.18. The quantitative estimate of drug-likeness (QED) is 0.754. The maximum atomic E-state index is 12.4. The predicted molar refractivity (Wildman–Crippen MR) is 108 cm³/mol. The molecular weight excluding hydrogens is 402 g/mol. The van der Waals surface area contributed by atoms with Crippen molar-refractivity contribution in [2.24, 2.45) is 0 Å². The van der Waals surface area contributed by atoms with Crippen LogP contribution >= 0.6 is 11.6 Å². The summed E-state index contributed by atoms with van der Waals surface area (Å²) in [7, 11) is -3.42. The third-order valence-corrected chi connectivity index (χ3v) is 5.56. The van der Waals surface area contributed by atoms with Crippen molar-refractivity contribution in [2.75, 3.05) is 31.6 Å². The minimum Gasteiger partial charge on any atom is -0.368 e. The molecule has 3 rings (SSSR count). The number of rotatable bonds is 5. The molecule has 1 atom stereocenters. The number of carbonyl (C=O) groups excluding carboxylic acids is 1. The molecule has 3 N–H and O–H groups in total. The summed E-state index contributed by atoms with van der Waals surface area (Å²) >= 11 is 5.98. The average Bonchev–Trinajstić information content (AvgIpc) is 2.66. The highest BCUT2D eigenvalue weighted by molar-refractivity contribution is 7.88. The number of nitrogens with zero attached hydrogens (tertiary/aromatic N) is 3. The molecule has 0 spiro atoms. The summed E-state index contributed by atoms with van der Waals surface area (Å²) in [5.74, 6) is -0.105. The lowest BCUT2D eigenvalue weighted by atomic mass is 9.90. The molecule has 1 amide bonds. The fourth-order valence-corrected chi connectivity index (χ4v) is 3.82. The van der Waals surface area contributed by atoms with Gasteiger partial charge in [-0.1, -0.05) is 23.7 Å². The minimum atomic E-state index is -3.42. The van der Waals surface area contributed by atoms with Crippen molar-refractivity contribution in [3.63, 3.8) is 0 Å². The van der Waals surface area contributed by atoms with Crippen LogP contribution in [-0.2, 0) is 14.8 Å². The number of nitrogen functional groups attached to an aromatic ring is 1. The Morgan fingerprint density at radius 2 is 2.07 bits per heavy atom. The second kappa shape index (κ2) is 8.42. The van der Waals surface area contributed by atoms with Crippen LogP contribution in [0.5, 0.6) is 0 Å². The summed E-state index contributed by atoms with van der Waals surface area (Å²) in [6, 6.07) is 7.38. The van der Waals surface area contributed by atoms with Gasteiger partial charge < -0.3 is 10.6 Å². The van der Waals surface area contributed by atoms with Gasteiger partial charge in [-0.25, -0.2) is 23.1 Å². The van der Waals surface area contributed by atoms with E-state index in [9.17, 15) is 13.2 Å². The molecule has 10 heteroatoms. The Morgan fingerprint density at radius 1 is 1.36 bits per heavy atom. The number of nitrogens with two attached hydrogens (primary N) is 1. The molecule has 0 saturated carbocycles. The van der Waals surface area contributed by atoms with E-state index < -0.39 is 10.0 Å². The molecule has 28 heavy (non-hydrogen) atoms. The molecule has 1 saturated heterocycles. The maximum Gasteiger partial charge on any atom is 0.237 e. The Hall–Kier alpha value is -2.23. The highest BCUT2D eigenvalue weighted by atomic mass is 35.5. The largest absolute Gasteiger partial charge is 0.368 e. The molecule has 2 aromatic rings. The second-order valence-electron chi connectivity index (χ2n) is 6.81. The lowest BCUT2D eigenvalue weighted by molar-refractivity contribution is -0.131. The first-order chi connectivity index (χ1) is 13.2. The molecule has 8 nitrogen and oxygen atoms in total. The zero-order chi connectivity index (χ0) is 20.3. The Bertz CT molecular complexity index is 966. The number of aromatic nitrogens is 2. The molecule has 0 unspecified atom stereocenters. The molecule has 150 valence electrons. The molecule has 0 aliphatic carbocycles. The molecule has 0 bridgehead atoms. The molecule has 2 heterocycles. The van der Waals surface area contributed by atoms with Crippen LogP contribution in [0.2, 0.25) is 5.02 Å². The third-order valence-electron chi connectivity index (χ3n) is 4.64. The first-order valence-corrected chi connectivity index (χ1v) is 11.1. The van der Waals surface area contributed by atoms with Gasteiger partial charge in [0.1, 0.15) is 0 Å². The maximum absolute atomic E-state index is 12.4. The lowest BCUT2D eigenvalue weighted by Crippen LogP contribution is -2.44. The summed E-state index contributed by atoms with van der Waals surface area (Å²) in [5, 5.41) is 0.634. The number of halogens is 1. The molecule has 1 aliphatic rings. The number of amides is 1. The number of benzene rings is 1. The molecule has 1 aromatic heterocycles. The number of piperidine rings is 1. The summed E-state index contributed by atoms with van der Waals surface area (Å²) in [5.41, 5.74) is 8.37. The van der Waals surface area contributed by atoms with E-state index >= 15 is 0 Å². The van der Waals surface area contributed by atoms with Crippen molar-refractivity contribution >= 4 is 33.5 Å². The lowest BCUT2D eigenvalue weighted by Gasteiger charge is -2.33. The average molecular weight is 424 g/mol. The number of hydrogen-bond donors (Lipinski definition) is 2. The summed E-state index contributed by atoms with van der Waals surface area (Å²) < 4.78 is 24.7. The zero-order valence-electron chi connectivity index (χ0n) is 15.4. The van der Waals surface area contributed by atoms with Gasteiger partial charge in [0.05, 0.1) is 18.5 Å². The number of anilines is 1. The van der Waals surface area contributed by atoms with Crippen molar-refractivity contribution in [1.82, 2.24) is 19.6 Å². The number of likely N-dealkylation sites (tertiary alicyclic amines) is 1. The molecular formula is C18H22ClN5O3S. The fourth-order valence-electron chi connectivity index (χ4n) is 3.30. The predicted octanol–water partition coefficient (Wildman–Crippen LogP) is 1.63. The standard InChI is InChI=1S/C18H22ClN5O3S/c1-28(26,27)22-10-16(25)24-8-2-3-13(11-24)17-15(9-21-18(20)23-17)12-4-6-14(19)7-5-12/h4-7,9,13,22H,2-3,8,10-11H2,1H3,(H2,20,21,23)/t13-/m1/s1. The van der Waals surface area contributed by atoms with E-state index in [-0.39, 0.29) is 24.3 Å². The molecule has 1 aliphatic heterocycles. The van der Waals surface area contributed by atoms with E-state index in [0.717, 1.165) is 35.9 Å². The van der Waals surface area contributed by atoms with E-state index in [1.807, 2.05) is 12.1 Å². The van der Waals surface area contributed by atoms with Gasteiger partial charge >= 0.3 is 0 Å². The Balaban J connectivity index is 1.83. The van der Waals surface area contributed by atoms with Crippen LogP contribution in [-0.4, -0.2) is 55.1 Å². The monoisotopic (exact) mass is 423 g/mol. The van der Waals surface area contributed by atoms with Gasteiger partial charge in [0, 0.05) is 35.8 Å². The minimum absolute atomic E-state index is 0.0214. The van der Waals surface area contributed by atoms with Crippen LogP contribution in [0.15, 0.2) is 30.5 Å². The first kappa shape index (κ1) is 20.5. The smallest absolute Gasteiger partial charge is 0.237 e. The van der Waals surface area contributed by atoms with Crippen LogP contribution in [0.3, 0.4) is 0 Å². The topological polar surface area (TPSA) is 118 Å². The van der Waals surface area contributed by atoms with Crippen LogP contribution in [0.25, 0.3) is 11.1 Å². The number of carbonyl (C=O) groups is 1. The fraction of sp³-hybridized carbons (Fsp3) is 0.389. The van der Waals surface area contributed by atoms with Gasteiger partial charge in [-0.2, -0.15) is 0 Å². The molecule has 1 aromatic carbocycles. The number of hydrogen-bond acceptors (Lipinski definition) is 6. The number of nitrogens with one attached hydrogen (secondary N) is 1. The van der Waals surface area contributed by atoms with Gasteiger partial charge in [-0.05, 0) is 30.5 Å². The Kier molecular flexibility index (Phi) is 6.17.